The standard InChI is InChI=1S/C20H28N4O4/c1-2-27-17-13-21-12-16(22-17)19-23-20(28-24-19)15(11-18(25)26)10-6-9-14-7-4-3-5-8-14/h12-15H,2-11H2,1H3,(H,25,26). The van der Waals surface area contributed by atoms with Gasteiger partial charge in [0.15, 0.2) is 0 Å². The van der Waals surface area contributed by atoms with Gasteiger partial charge in [0.25, 0.3) is 0 Å². The van der Waals surface area contributed by atoms with Crippen LogP contribution in [-0.2, 0) is 4.79 Å². The second-order valence-corrected chi connectivity index (χ2v) is 7.36. The van der Waals surface area contributed by atoms with E-state index in [0.717, 1.165) is 25.2 Å². The smallest absolute Gasteiger partial charge is 0.304 e. The van der Waals surface area contributed by atoms with Crippen LogP contribution < -0.4 is 4.74 Å². The van der Waals surface area contributed by atoms with Crippen molar-refractivity contribution in [3.05, 3.63) is 18.3 Å². The molecule has 1 atom stereocenters. The Balaban J connectivity index is 1.65. The lowest BCUT2D eigenvalue weighted by molar-refractivity contribution is -0.137. The van der Waals surface area contributed by atoms with E-state index in [1.54, 1.807) is 0 Å². The van der Waals surface area contributed by atoms with E-state index in [2.05, 4.69) is 20.1 Å². The minimum atomic E-state index is -0.861. The summed E-state index contributed by atoms with van der Waals surface area (Å²) in [4.78, 5) is 24.1. The summed E-state index contributed by atoms with van der Waals surface area (Å²) in [6.07, 6.45) is 12.4. The summed E-state index contributed by atoms with van der Waals surface area (Å²) in [5.41, 5.74) is 0.442. The van der Waals surface area contributed by atoms with Crippen LogP contribution >= 0.6 is 0 Å². The molecule has 1 fully saturated rings. The summed E-state index contributed by atoms with van der Waals surface area (Å²) in [7, 11) is 0. The molecule has 28 heavy (non-hydrogen) atoms. The van der Waals surface area contributed by atoms with Crippen LogP contribution in [0.1, 0.15) is 76.5 Å². The first kappa shape index (κ1) is 20.2. The quantitative estimate of drug-likeness (QED) is 0.643. The molecular formula is C20H28N4O4. The van der Waals surface area contributed by atoms with Gasteiger partial charge in [-0.15, -0.1) is 0 Å². The Kier molecular flexibility index (Phi) is 7.33. The maximum Gasteiger partial charge on any atom is 0.304 e. The van der Waals surface area contributed by atoms with Crippen LogP contribution in [0, 0.1) is 5.92 Å². The summed E-state index contributed by atoms with van der Waals surface area (Å²) in [6, 6.07) is 0. The molecule has 1 saturated carbocycles. The Morgan fingerprint density at radius 1 is 1.29 bits per heavy atom. The van der Waals surface area contributed by atoms with Gasteiger partial charge < -0.3 is 14.4 Å². The number of carboxylic acid groups (broad SMARTS) is 1. The van der Waals surface area contributed by atoms with E-state index in [4.69, 9.17) is 9.26 Å². The fourth-order valence-electron chi connectivity index (χ4n) is 3.83. The molecule has 2 aromatic heterocycles. The van der Waals surface area contributed by atoms with Gasteiger partial charge in [-0.3, -0.25) is 9.78 Å². The van der Waals surface area contributed by atoms with Gasteiger partial charge >= 0.3 is 5.97 Å². The maximum absolute atomic E-state index is 11.3. The van der Waals surface area contributed by atoms with Gasteiger partial charge in [0, 0.05) is 5.92 Å². The van der Waals surface area contributed by atoms with Crippen molar-refractivity contribution in [3.8, 4) is 17.4 Å². The Bertz CT molecular complexity index is 758. The molecule has 0 amide bonds. The van der Waals surface area contributed by atoms with Crippen LogP contribution in [-0.4, -0.2) is 37.8 Å². The number of nitrogens with zero attached hydrogens (tertiary/aromatic N) is 4. The van der Waals surface area contributed by atoms with E-state index in [1.807, 2.05) is 6.92 Å². The molecule has 0 aromatic carbocycles. The predicted molar refractivity (Wildman–Crippen MR) is 102 cm³/mol. The number of hydrogen-bond acceptors (Lipinski definition) is 7. The molecular weight excluding hydrogens is 360 g/mol. The Morgan fingerprint density at radius 3 is 2.86 bits per heavy atom. The Hall–Kier alpha value is -2.51. The molecule has 1 N–H and O–H groups in total. The van der Waals surface area contributed by atoms with Crippen molar-refractivity contribution in [1.29, 1.82) is 0 Å². The SMILES string of the molecule is CCOc1cncc(-c2noc(C(CCCC3CCCCC3)CC(=O)O)n2)n1. The van der Waals surface area contributed by atoms with Crippen molar-refractivity contribution in [2.75, 3.05) is 6.61 Å². The summed E-state index contributed by atoms with van der Waals surface area (Å²) in [6.45, 7) is 2.35. The monoisotopic (exact) mass is 388 g/mol. The molecule has 8 heteroatoms. The number of aliphatic carboxylic acids is 1. The lowest BCUT2D eigenvalue weighted by Gasteiger charge is -2.21. The molecule has 0 saturated heterocycles. The van der Waals surface area contributed by atoms with Gasteiger partial charge in [-0.05, 0) is 19.3 Å². The third-order valence-electron chi connectivity index (χ3n) is 5.24. The first-order chi connectivity index (χ1) is 13.7. The number of carbonyl (C=O) groups is 1. The fourth-order valence-corrected chi connectivity index (χ4v) is 3.83. The van der Waals surface area contributed by atoms with Crippen molar-refractivity contribution in [2.45, 2.75) is 70.6 Å². The number of aromatic nitrogens is 4. The molecule has 8 nitrogen and oxygen atoms in total. The average molecular weight is 388 g/mol. The Morgan fingerprint density at radius 2 is 2.11 bits per heavy atom. The van der Waals surface area contributed by atoms with E-state index < -0.39 is 5.97 Å². The topological polar surface area (TPSA) is 111 Å². The molecule has 1 unspecified atom stereocenters. The molecule has 0 spiro atoms. The van der Waals surface area contributed by atoms with Crippen molar-refractivity contribution in [3.63, 3.8) is 0 Å². The van der Waals surface area contributed by atoms with E-state index in [0.29, 0.717) is 29.9 Å². The summed E-state index contributed by atoms with van der Waals surface area (Å²) in [5.74, 6) is 0.664. The number of ether oxygens (including phenoxy) is 1. The van der Waals surface area contributed by atoms with Gasteiger partial charge in [0.05, 0.1) is 25.4 Å². The third-order valence-corrected chi connectivity index (χ3v) is 5.24. The van der Waals surface area contributed by atoms with Crippen molar-refractivity contribution in [2.24, 2.45) is 5.92 Å². The zero-order chi connectivity index (χ0) is 19.8. The minimum Gasteiger partial charge on any atom is -0.481 e. The van der Waals surface area contributed by atoms with Gasteiger partial charge in [-0.1, -0.05) is 50.1 Å². The first-order valence-electron chi connectivity index (χ1n) is 10.2. The van der Waals surface area contributed by atoms with Crippen LogP contribution in [0.2, 0.25) is 0 Å². The lowest BCUT2D eigenvalue weighted by Crippen LogP contribution is -2.10. The van der Waals surface area contributed by atoms with E-state index in [-0.39, 0.29) is 12.3 Å². The second kappa shape index (κ2) is 10.1. The fraction of sp³-hybridized carbons (Fsp3) is 0.650. The van der Waals surface area contributed by atoms with E-state index >= 15 is 0 Å². The van der Waals surface area contributed by atoms with Gasteiger partial charge in [-0.25, -0.2) is 4.98 Å². The van der Waals surface area contributed by atoms with Crippen LogP contribution in [0.4, 0.5) is 0 Å². The summed E-state index contributed by atoms with van der Waals surface area (Å²) in [5, 5.41) is 13.3. The molecule has 1 aliphatic rings. The van der Waals surface area contributed by atoms with Gasteiger partial charge in [-0.2, -0.15) is 4.98 Å². The highest BCUT2D eigenvalue weighted by Crippen LogP contribution is 2.31. The molecule has 152 valence electrons. The first-order valence-corrected chi connectivity index (χ1v) is 10.2. The highest BCUT2D eigenvalue weighted by Gasteiger charge is 2.24. The summed E-state index contributed by atoms with van der Waals surface area (Å²) < 4.78 is 10.7. The van der Waals surface area contributed by atoms with Crippen LogP contribution in [0.5, 0.6) is 5.88 Å². The van der Waals surface area contributed by atoms with Crippen molar-refractivity contribution in [1.82, 2.24) is 20.1 Å². The normalized spacial score (nSPS) is 16.0. The number of carboxylic acids is 1. The van der Waals surface area contributed by atoms with E-state index in [1.165, 1.54) is 44.5 Å². The predicted octanol–water partition coefficient (Wildman–Crippen LogP) is 4.23. The molecule has 1 aliphatic carbocycles. The number of hydrogen-bond donors (Lipinski definition) is 1. The van der Waals surface area contributed by atoms with Crippen LogP contribution in [0.25, 0.3) is 11.5 Å². The third kappa shape index (κ3) is 5.74. The molecule has 2 aromatic rings. The maximum atomic E-state index is 11.3. The molecule has 0 aliphatic heterocycles. The average Bonchev–Trinajstić information content (AvgIpc) is 3.18. The lowest BCUT2D eigenvalue weighted by atomic mass is 9.84. The van der Waals surface area contributed by atoms with E-state index in [9.17, 15) is 9.90 Å². The zero-order valence-corrected chi connectivity index (χ0v) is 16.3. The molecule has 3 rings (SSSR count). The minimum absolute atomic E-state index is 0.0169. The van der Waals surface area contributed by atoms with Crippen LogP contribution in [0.3, 0.4) is 0 Å². The second-order valence-electron chi connectivity index (χ2n) is 7.36. The molecule has 0 radical (unpaired) electrons. The van der Waals surface area contributed by atoms with Crippen molar-refractivity contribution < 1.29 is 19.2 Å². The number of rotatable bonds is 10. The molecule has 0 bridgehead atoms. The highest BCUT2D eigenvalue weighted by molar-refractivity contribution is 5.67. The van der Waals surface area contributed by atoms with Gasteiger partial charge in [0.2, 0.25) is 17.6 Å². The summed E-state index contributed by atoms with van der Waals surface area (Å²) >= 11 is 0. The Labute approximate surface area is 164 Å². The zero-order valence-electron chi connectivity index (χ0n) is 16.3. The van der Waals surface area contributed by atoms with Crippen LogP contribution in [0.15, 0.2) is 16.9 Å². The van der Waals surface area contributed by atoms with Crippen molar-refractivity contribution >= 4 is 5.97 Å². The van der Waals surface area contributed by atoms with Gasteiger partial charge in [0.1, 0.15) is 5.69 Å². The molecule has 2 heterocycles. The largest absolute Gasteiger partial charge is 0.481 e. The highest BCUT2D eigenvalue weighted by atomic mass is 16.5.